The van der Waals surface area contributed by atoms with E-state index in [9.17, 15) is 0 Å². The zero-order valence-corrected chi connectivity index (χ0v) is 16.3. The Morgan fingerprint density at radius 3 is 1.53 bits per heavy atom. The van der Waals surface area contributed by atoms with Crippen molar-refractivity contribution in [3.05, 3.63) is 0 Å². The van der Waals surface area contributed by atoms with Gasteiger partial charge >= 0.3 is 0 Å². The van der Waals surface area contributed by atoms with Gasteiger partial charge in [0.1, 0.15) is 0 Å². The average Bonchev–Trinajstić information content (AvgIpc) is 2.36. The molecule has 0 heterocycles. The minimum absolute atomic E-state index is 0. The van der Waals surface area contributed by atoms with Crippen molar-refractivity contribution in [1.82, 2.24) is 0 Å². The Hall–Kier alpha value is 0.910. The molecule has 2 unspecified atom stereocenters. The van der Waals surface area contributed by atoms with Crippen LogP contribution in [0.4, 0.5) is 0 Å². The van der Waals surface area contributed by atoms with Crippen LogP contribution in [-0.4, -0.2) is 6.16 Å². The molecule has 0 rings (SSSR count). The summed E-state index contributed by atoms with van der Waals surface area (Å²) in [7, 11) is 2.85. The lowest BCUT2D eigenvalue weighted by molar-refractivity contribution is 0.471. The van der Waals surface area contributed by atoms with E-state index in [1.807, 2.05) is 0 Å². The van der Waals surface area contributed by atoms with Crippen molar-refractivity contribution in [1.29, 1.82) is 0 Å². The Morgan fingerprint density at radius 1 is 0.684 bits per heavy atom. The highest BCUT2D eigenvalue weighted by Gasteiger charge is 1.99. The molecule has 2 heteroatoms. The molecule has 2 atom stereocenters. The summed E-state index contributed by atoms with van der Waals surface area (Å²) in [6, 6.07) is 0. The smallest absolute Gasteiger partial charge is 0.0379 e. The maximum atomic E-state index is 2.85. The van der Waals surface area contributed by atoms with Gasteiger partial charge in [0, 0.05) is 0 Å². The normalized spacial score (nSPS) is 12.2. The molecule has 0 saturated heterocycles. The van der Waals surface area contributed by atoms with Crippen LogP contribution in [-0.2, 0) is 0 Å². The third kappa shape index (κ3) is 18.9. The van der Waals surface area contributed by atoms with Gasteiger partial charge in [0.25, 0.3) is 0 Å². The third-order valence-electron chi connectivity index (χ3n) is 3.96. The number of rotatable bonds is 14. The second-order valence-electron chi connectivity index (χ2n) is 6.01. The quantitative estimate of drug-likeness (QED) is 0.229. The van der Waals surface area contributed by atoms with Gasteiger partial charge in [-0.3, -0.25) is 0 Å². The topological polar surface area (TPSA) is 0 Å². The van der Waals surface area contributed by atoms with Gasteiger partial charge in [-0.25, -0.2) is 0 Å². The first kappa shape index (κ1) is 22.2. The number of hydrogen-bond acceptors (Lipinski definition) is 0. The summed E-state index contributed by atoms with van der Waals surface area (Å²) in [6.07, 6.45) is 20.2. The molecule has 0 aromatic carbocycles. The monoisotopic (exact) mass is 352 g/mol. The van der Waals surface area contributed by atoms with Crippen molar-refractivity contribution in [3.8, 4) is 0 Å². The molecule has 19 heavy (non-hydrogen) atoms. The molecule has 0 bridgehead atoms. The standard InChI is InChI=1S/C17H37P.BrH/c1-3-4-5-6-7-8-9-10-11-12-13-14-17(2)15-16-18;/h17H,3-16,18H2,1-2H3;1H. The molecule has 0 saturated carbocycles. The van der Waals surface area contributed by atoms with Crippen LogP contribution in [0.1, 0.15) is 97.3 Å². The van der Waals surface area contributed by atoms with Gasteiger partial charge in [-0.05, 0) is 18.5 Å². The number of hydrogen-bond donors (Lipinski definition) is 0. The minimum atomic E-state index is 0. The molecule has 0 aliphatic carbocycles. The molecular weight excluding hydrogens is 315 g/mol. The molecule has 0 N–H and O–H groups in total. The third-order valence-corrected chi connectivity index (χ3v) is 4.29. The molecule has 0 aromatic rings. The van der Waals surface area contributed by atoms with Crippen LogP contribution in [0.2, 0.25) is 0 Å². The summed E-state index contributed by atoms with van der Waals surface area (Å²) < 4.78 is 0. The van der Waals surface area contributed by atoms with Crippen molar-refractivity contribution < 1.29 is 0 Å². The van der Waals surface area contributed by atoms with E-state index in [0.717, 1.165) is 5.92 Å². The first-order valence-corrected chi connectivity index (χ1v) is 9.33. The van der Waals surface area contributed by atoms with Crippen molar-refractivity contribution >= 4 is 26.2 Å². The van der Waals surface area contributed by atoms with Gasteiger partial charge in [-0.1, -0.05) is 90.9 Å². The first-order valence-electron chi connectivity index (χ1n) is 8.51. The highest BCUT2D eigenvalue weighted by atomic mass is 79.9. The van der Waals surface area contributed by atoms with Crippen LogP contribution < -0.4 is 0 Å². The SMILES string of the molecule is Br.CCCCCCCCCCCCCC(C)CCP. The lowest BCUT2D eigenvalue weighted by atomic mass is 9.99. The maximum absolute atomic E-state index is 2.85. The number of halogens is 1. The minimum Gasteiger partial charge on any atom is -0.138 e. The molecule has 0 spiro atoms. The number of unbranched alkanes of at least 4 members (excludes halogenated alkanes) is 10. The van der Waals surface area contributed by atoms with E-state index < -0.39 is 0 Å². The van der Waals surface area contributed by atoms with Crippen LogP contribution >= 0.6 is 26.2 Å². The van der Waals surface area contributed by atoms with Crippen molar-refractivity contribution in [2.45, 2.75) is 97.3 Å². The predicted molar refractivity (Wildman–Crippen MR) is 99.8 cm³/mol. The summed E-state index contributed by atoms with van der Waals surface area (Å²) in [6.45, 7) is 4.70. The Bertz CT molecular complexity index is 150. The lowest BCUT2D eigenvalue weighted by Gasteiger charge is -2.09. The van der Waals surface area contributed by atoms with Gasteiger partial charge in [0.2, 0.25) is 0 Å². The summed E-state index contributed by atoms with van der Waals surface area (Å²) in [5, 5.41) is 0. The van der Waals surface area contributed by atoms with E-state index in [1.54, 1.807) is 0 Å². The van der Waals surface area contributed by atoms with E-state index in [1.165, 1.54) is 89.6 Å². The molecule has 0 fully saturated rings. The fourth-order valence-corrected chi connectivity index (χ4v) is 3.15. The van der Waals surface area contributed by atoms with Crippen molar-refractivity contribution in [3.63, 3.8) is 0 Å². The van der Waals surface area contributed by atoms with E-state index in [2.05, 4.69) is 23.1 Å². The highest BCUT2D eigenvalue weighted by Crippen LogP contribution is 2.16. The fraction of sp³-hybridized carbons (Fsp3) is 1.00. The Kier molecular flexibility index (Phi) is 22.1. The second kappa shape index (κ2) is 18.9. The second-order valence-corrected chi connectivity index (χ2v) is 6.58. The summed E-state index contributed by atoms with van der Waals surface area (Å²) in [4.78, 5) is 0. The van der Waals surface area contributed by atoms with Gasteiger partial charge in [0.15, 0.2) is 0 Å². The molecule has 0 nitrogen and oxygen atoms in total. The summed E-state index contributed by atoms with van der Waals surface area (Å²) in [5.74, 6) is 0.945. The molecular formula is C17H38BrP. The van der Waals surface area contributed by atoms with E-state index in [4.69, 9.17) is 0 Å². The zero-order valence-electron chi connectivity index (χ0n) is 13.5. The van der Waals surface area contributed by atoms with E-state index in [0.29, 0.717) is 0 Å². The van der Waals surface area contributed by atoms with Gasteiger partial charge in [-0.15, -0.1) is 26.2 Å². The Labute approximate surface area is 135 Å². The van der Waals surface area contributed by atoms with Gasteiger partial charge < -0.3 is 0 Å². The lowest BCUT2D eigenvalue weighted by Crippen LogP contribution is -1.95. The highest BCUT2D eigenvalue weighted by molar-refractivity contribution is 8.93. The van der Waals surface area contributed by atoms with Crippen LogP contribution in [0.25, 0.3) is 0 Å². The fourth-order valence-electron chi connectivity index (χ4n) is 2.59. The Morgan fingerprint density at radius 2 is 1.11 bits per heavy atom. The van der Waals surface area contributed by atoms with Crippen LogP contribution in [0.3, 0.4) is 0 Å². The molecule has 0 radical (unpaired) electrons. The van der Waals surface area contributed by atoms with Gasteiger partial charge in [-0.2, -0.15) is 0 Å². The van der Waals surface area contributed by atoms with Crippen molar-refractivity contribution in [2.24, 2.45) is 5.92 Å². The van der Waals surface area contributed by atoms with Crippen molar-refractivity contribution in [2.75, 3.05) is 6.16 Å². The first-order chi connectivity index (χ1) is 8.81. The predicted octanol–water partition coefficient (Wildman–Crippen LogP) is 7.17. The molecule has 0 aliphatic rings. The van der Waals surface area contributed by atoms with E-state index >= 15 is 0 Å². The van der Waals surface area contributed by atoms with Crippen LogP contribution in [0.15, 0.2) is 0 Å². The molecule has 0 amide bonds. The van der Waals surface area contributed by atoms with Crippen LogP contribution in [0, 0.1) is 5.92 Å². The summed E-state index contributed by atoms with van der Waals surface area (Å²) in [5.41, 5.74) is 0. The molecule has 118 valence electrons. The average molecular weight is 353 g/mol. The Balaban J connectivity index is 0. The molecule has 0 aromatic heterocycles. The summed E-state index contributed by atoms with van der Waals surface area (Å²) >= 11 is 0. The van der Waals surface area contributed by atoms with Crippen LogP contribution in [0.5, 0.6) is 0 Å². The molecule has 0 aliphatic heterocycles. The van der Waals surface area contributed by atoms with E-state index in [-0.39, 0.29) is 17.0 Å². The maximum Gasteiger partial charge on any atom is -0.0379 e. The van der Waals surface area contributed by atoms with Gasteiger partial charge in [0.05, 0.1) is 0 Å². The largest absolute Gasteiger partial charge is 0.138 e. The zero-order chi connectivity index (χ0) is 13.5.